The molecule has 0 aromatic carbocycles. The molecule has 4 rings (SSSR count). The third-order valence-electron chi connectivity index (χ3n) is 4.56. The van der Waals surface area contributed by atoms with Crippen molar-refractivity contribution in [2.24, 2.45) is 0 Å². The fraction of sp³-hybridized carbons (Fsp3) is 0.444. The maximum Gasteiger partial charge on any atom is 0.252 e. The average molecular weight is 355 g/mol. The van der Waals surface area contributed by atoms with Crippen LogP contribution >= 0.6 is 11.3 Å². The van der Waals surface area contributed by atoms with E-state index in [1.54, 1.807) is 15.9 Å². The summed E-state index contributed by atoms with van der Waals surface area (Å²) >= 11 is 1.71. The number of hydrogen-bond acceptors (Lipinski definition) is 5. The lowest BCUT2D eigenvalue weighted by atomic mass is 10.2. The number of fused-ring (bicyclic) bond motifs is 1. The number of carbonyl (C=O) groups excluding carboxylic acids is 1. The number of thiophene rings is 1. The highest BCUT2D eigenvalue weighted by Crippen LogP contribution is 2.30. The first-order valence-electron chi connectivity index (χ1n) is 8.53. The summed E-state index contributed by atoms with van der Waals surface area (Å²) in [4.78, 5) is 25.0. The molecule has 3 aromatic rings. The van der Waals surface area contributed by atoms with Gasteiger partial charge in [-0.25, -0.2) is 9.50 Å². The largest absolute Gasteiger partial charge is 0.334 e. The van der Waals surface area contributed by atoms with Gasteiger partial charge in [-0.1, -0.05) is 0 Å². The molecular formula is C18H21N5OS. The summed E-state index contributed by atoms with van der Waals surface area (Å²) in [5.74, 6) is 1.20. The topological polar surface area (TPSA) is 63.4 Å². The van der Waals surface area contributed by atoms with Gasteiger partial charge in [0.05, 0.1) is 13.0 Å². The molecular weight excluding hydrogens is 334 g/mol. The highest BCUT2D eigenvalue weighted by atomic mass is 32.1. The molecule has 0 saturated heterocycles. The van der Waals surface area contributed by atoms with Gasteiger partial charge in [0.25, 0.3) is 5.78 Å². The van der Waals surface area contributed by atoms with Crippen molar-refractivity contribution >= 4 is 23.0 Å². The Morgan fingerprint density at radius 2 is 2.12 bits per heavy atom. The van der Waals surface area contributed by atoms with Crippen molar-refractivity contribution in [3.05, 3.63) is 45.2 Å². The molecule has 0 bridgehead atoms. The maximum atomic E-state index is 12.9. The lowest BCUT2D eigenvalue weighted by Gasteiger charge is -2.21. The van der Waals surface area contributed by atoms with Gasteiger partial charge in [-0.3, -0.25) is 4.79 Å². The molecule has 1 amide bonds. The van der Waals surface area contributed by atoms with Crippen molar-refractivity contribution in [2.75, 3.05) is 0 Å². The minimum absolute atomic E-state index is 0.0978. The van der Waals surface area contributed by atoms with Gasteiger partial charge in [-0.2, -0.15) is 4.98 Å². The van der Waals surface area contributed by atoms with E-state index in [0.29, 0.717) is 24.2 Å². The Balaban J connectivity index is 1.55. The molecule has 3 aromatic heterocycles. The van der Waals surface area contributed by atoms with Crippen LogP contribution in [-0.4, -0.2) is 36.4 Å². The van der Waals surface area contributed by atoms with Crippen molar-refractivity contribution in [1.29, 1.82) is 0 Å². The minimum atomic E-state index is 0.0978. The van der Waals surface area contributed by atoms with Gasteiger partial charge in [-0.05, 0) is 56.7 Å². The molecule has 0 radical (unpaired) electrons. The average Bonchev–Trinajstić information content (AvgIpc) is 3.18. The van der Waals surface area contributed by atoms with Gasteiger partial charge in [0.2, 0.25) is 5.91 Å². The standard InChI is InChI=1S/C18H21N5OS/c1-11-6-7-25-15(11)10-22(14-4-5-14)17(24)9-16-20-18-19-12(2)8-13(3)23(18)21-16/h6-8,14H,4-5,9-10H2,1-3H3. The van der Waals surface area contributed by atoms with Crippen LogP contribution in [0.1, 0.15) is 40.5 Å². The lowest BCUT2D eigenvalue weighted by Crippen LogP contribution is -2.34. The zero-order valence-electron chi connectivity index (χ0n) is 14.7. The Morgan fingerprint density at radius 3 is 2.80 bits per heavy atom. The normalized spacial score (nSPS) is 14.2. The Morgan fingerprint density at radius 1 is 1.32 bits per heavy atom. The van der Waals surface area contributed by atoms with Crippen LogP contribution in [0.2, 0.25) is 0 Å². The van der Waals surface area contributed by atoms with Crippen LogP contribution in [0, 0.1) is 20.8 Å². The SMILES string of the molecule is Cc1cc(C)n2nc(CC(=O)N(Cc3sccc3C)C3CC3)nc2n1. The van der Waals surface area contributed by atoms with E-state index in [1.807, 2.05) is 24.8 Å². The fourth-order valence-corrected chi connectivity index (χ4v) is 3.95. The summed E-state index contributed by atoms with van der Waals surface area (Å²) in [6.45, 7) is 6.70. The number of rotatable bonds is 5. The van der Waals surface area contributed by atoms with Crippen LogP contribution in [0.15, 0.2) is 17.5 Å². The van der Waals surface area contributed by atoms with Gasteiger partial charge in [-0.15, -0.1) is 16.4 Å². The highest BCUT2D eigenvalue weighted by Gasteiger charge is 2.33. The summed E-state index contributed by atoms with van der Waals surface area (Å²) < 4.78 is 1.71. The van der Waals surface area contributed by atoms with Crippen LogP contribution < -0.4 is 0 Å². The molecule has 25 heavy (non-hydrogen) atoms. The molecule has 0 spiro atoms. The third kappa shape index (κ3) is 3.28. The molecule has 1 saturated carbocycles. The smallest absolute Gasteiger partial charge is 0.252 e. The van der Waals surface area contributed by atoms with Crippen molar-refractivity contribution in [3.63, 3.8) is 0 Å². The molecule has 3 heterocycles. The van der Waals surface area contributed by atoms with Crippen molar-refractivity contribution in [3.8, 4) is 0 Å². The summed E-state index contributed by atoms with van der Waals surface area (Å²) in [7, 11) is 0. The van der Waals surface area contributed by atoms with E-state index >= 15 is 0 Å². The van der Waals surface area contributed by atoms with Gasteiger partial charge >= 0.3 is 0 Å². The van der Waals surface area contributed by atoms with Crippen LogP contribution in [-0.2, 0) is 17.8 Å². The molecule has 0 atom stereocenters. The molecule has 130 valence electrons. The van der Waals surface area contributed by atoms with E-state index in [0.717, 1.165) is 24.2 Å². The Kier molecular flexibility index (Phi) is 4.03. The number of amides is 1. The van der Waals surface area contributed by atoms with Crippen molar-refractivity contribution in [1.82, 2.24) is 24.5 Å². The molecule has 0 N–H and O–H groups in total. The molecule has 1 aliphatic rings. The summed E-state index contributed by atoms with van der Waals surface area (Å²) in [5.41, 5.74) is 3.13. The van der Waals surface area contributed by atoms with Gasteiger partial charge in [0.15, 0.2) is 5.82 Å². The van der Waals surface area contributed by atoms with E-state index in [9.17, 15) is 4.79 Å². The van der Waals surface area contributed by atoms with Crippen molar-refractivity contribution in [2.45, 2.75) is 52.6 Å². The van der Waals surface area contributed by atoms with Crippen LogP contribution in [0.3, 0.4) is 0 Å². The van der Waals surface area contributed by atoms with Gasteiger partial charge in [0, 0.05) is 22.3 Å². The van der Waals surface area contributed by atoms with E-state index < -0.39 is 0 Å². The Bertz CT molecular complexity index is 940. The zero-order valence-corrected chi connectivity index (χ0v) is 15.5. The second kappa shape index (κ2) is 6.22. The number of aromatic nitrogens is 4. The molecule has 0 aliphatic heterocycles. The number of nitrogens with zero attached hydrogens (tertiary/aromatic N) is 5. The van der Waals surface area contributed by atoms with Crippen molar-refractivity contribution < 1.29 is 4.79 Å². The second-order valence-electron chi connectivity index (χ2n) is 6.74. The van der Waals surface area contributed by atoms with Crippen LogP contribution in [0.25, 0.3) is 5.78 Å². The lowest BCUT2D eigenvalue weighted by molar-refractivity contribution is -0.131. The monoisotopic (exact) mass is 355 g/mol. The molecule has 1 fully saturated rings. The van der Waals surface area contributed by atoms with Crippen LogP contribution in [0.5, 0.6) is 0 Å². The van der Waals surface area contributed by atoms with Crippen LogP contribution in [0.4, 0.5) is 0 Å². The minimum Gasteiger partial charge on any atom is -0.334 e. The van der Waals surface area contributed by atoms with E-state index in [-0.39, 0.29) is 12.3 Å². The second-order valence-corrected chi connectivity index (χ2v) is 7.74. The molecule has 0 unspecified atom stereocenters. The van der Waals surface area contributed by atoms with E-state index in [4.69, 9.17) is 0 Å². The summed E-state index contributed by atoms with van der Waals surface area (Å²) in [6.07, 6.45) is 2.41. The first-order valence-corrected chi connectivity index (χ1v) is 9.41. The Hall–Kier alpha value is -2.28. The number of hydrogen-bond donors (Lipinski definition) is 0. The van der Waals surface area contributed by atoms with E-state index in [1.165, 1.54) is 10.4 Å². The predicted molar refractivity (Wildman–Crippen MR) is 96.6 cm³/mol. The summed E-state index contributed by atoms with van der Waals surface area (Å²) in [5, 5.41) is 6.55. The van der Waals surface area contributed by atoms with Gasteiger partial charge < -0.3 is 4.90 Å². The first kappa shape index (κ1) is 16.2. The number of carbonyl (C=O) groups is 1. The zero-order chi connectivity index (χ0) is 17.6. The fourth-order valence-electron chi connectivity index (χ4n) is 3.05. The number of aryl methyl sites for hydroxylation is 3. The quantitative estimate of drug-likeness (QED) is 0.706. The maximum absolute atomic E-state index is 12.9. The Labute approximate surface area is 150 Å². The molecule has 6 nitrogen and oxygen atoms in total. The van der Waals surface area contributed by atoms with E-state index in [2.05, 4.69) is 33.4 Å². The highest BCUT2D eigenvalue weighted by molar-refractivity contribution is 7.10. The predicted octanol–water partition coefficient (Wildman–Crippen LogP) is 2.84. The first-order chi connectivity index (χ1) is 12.0. The van der Waals surface area contributed by atoms with Gasteiger partial charge in [0.1, 0.15) is 0 Å². The summed E-state index contributed by atoms with van der Waals surface area (Å²) in [6, 6.07) is 4.44. The molecule has 7 heteroatoms. The third-order valence-corrected chi connectivity index (χ3v) is 5.57. The molecule has 1 aliphatic carbocycles.